The van der Waals surface area contributed by atoms with Crippen LogP contribution in [0.25, 0.3) is 11.3 Å². The van der Waals surface area contributed by atoms with Gasteiger partial charge in [-0.2, -0.15) is 5.10 Å². The van der Waals surface area contributed by atoms with Gasteiger partial charge >= 0.3 is 0 Å². The third-order valence-corrected chi connectivity index (χ3v) is 7.53. The molecule has 8 nitrogen and oxygen atoms in total. The molecule has 0 saturated carbocycles. The maximum Gasteiger partial charge on any atom is 0.273 e. The van der Waals surface area contributed by atoms with Gasteiger partial charge in [0.1, 0.15) is 22.9 Å². The average Bonchev–Trinajstić information content (AvgIpc) is 3.50. The van der Waals surface area contributed by atoms with Crippen molar-refractivity contribution in [3.63, 3.8) is 0 Å². The van der Waals surface area contributed by atoms with Crippen molar-refractivity contribution < 1.29 is 24.1 Å². The van der Waals surface area contributed by atoms with E-state index in [1.165, 1.54) is 0 Å². The lowest BCUT2D eigenvalue weighted by Gasteiger charge is -2.27. The van der Waals surface area contributed by atoms with Crippen LogP contribution in [0.3, 0.4) is 0 Å². The summed E-state index contributed by atoms with van der Waals surface area (Å²) in [7, 11) is 3.24. The fraction of sp³-hybridized carbons (Fsp3) is 0.333. The molecule has 1 unspecified atom stereocenters. The van der Waals surface area contributed by atoms with Crippen LogP contribution in [0.4, 0.5) is 0 Å². The number of hydrogen-bond donors (Lipinski definition) is 2. The van der Waals surface area contributed by atoms with E-state index < -0.39 is 6.04 Å². The number of phenols is 1. The van der Waals surface area contributed by atoms with Crippen LogP contribution in [0.5, 0.6) is 23.0 Å². The maximum absolute atomic E-state index is 13.9. The molecule has 8 heteroatoms. The number of aromatic hydroxyl groups is 1. The Kier molecular flexibility index (Phi) is 7.92. The number of ether oxygens (including phenoxy) is 3. The van der Waals surface area contributed by atoms with Gasteiger partial charge in [-0.3, -0.25) is 9.89 Å². The van der Waals surface area contributed by atoms with Gasteiger partial charge in [0.2, 0.25) is 0 Å². The Labute approximate surface area is 240 Å². The molecule has 214 valence electrons. The molecule has 0 fully saturated rings. The van der Waals surface area contributed by atoms with Crippen LogP contribution in [-0.2, 0) is 6.54 Å². The van der Waals surface area contributed by atoms with Crippen LogP contribution >= 0.6 is 0 Å². The topological polar surface area (TPSA) is 96.9 Å². The molecule has 0 radical (unpaired) electrons. The van der Waals surface area contributed by atoms with Crippen LogP contribution in [0.2, 0.25) is 0 Å². The third-order valence-electron chi connectivity index (χ3n) is 7.53. The minimum atomic E-state index is -0.479. The maximum atomic E-state index is 13.9. The molecular weight excluding hydrogens is 518 g/mol. The molecule has 2 heterocycles. The van der Waals surface area contributed by atoms with Crippen molar-refractivity contribution in [1.29, 1.82) is 0 Å². The number of aryl methyl sites for hydroxylation is 2. The molecule has 1 amide bonds. The van der Waals surface area contributed by atoms with Crippen molar-refractivity contribution in [2.45, 2.75) is 46.7 Å². The van der Waals surface area contributed by atoms with Crippen LogP contribution in [0, 0.1) is 19.8 Å². The summed E-state index contributed by atoms with van der Waals surface area (Å²) in [4.78, 5) is 15.7. The number of aromatic nitrogens is 2. The highest BCUT2D eigenvalue weighted by Crippen LogP contribution is 2.47. The SMILES string of the molecule is COc1ccc(CN2C(=O)c3[nH]nc(-c4cc(C)cc(C)c4O)c3C2c2ccc(OCCC(C)C)c(OC)c2)cc1. The van der Waals surface area contributed by atoms with E-state index in [1.54, 1.807) is 14.2 Å². The van der Waals surface area contributed by atoms with Gasteiger partial charge in [-0.25, -0.2) is 0 Å². The minimum absolute atomic E-state index is 0.149. The second-order valence-electron chi connectivity index (χ2n) is 11.0. The summed E-state index contributed by atoms with van der Waals surface area (Å²) in [6.45, 7) is 9.10. The first-order valence-corrected chi connectivity index (χ1v) is 13.8. The molecule has 0 saturated heterocycles. The number of benzene rings is 3. The van der Waals surface area contributed by atoms with E-state index in [2.05, 4.69) is 24.0 Å². The molecule has 1 aliphatic rings. The Morgan fingerprint density at radius 2 is 1.76 bits per heavy atom. The number of phenolic OH excluding ortho intramolecular Hbond substituents is 1. The van der Waals surface area contributed by atoms with Gasteiger partial charge in [-0.1, -0.05) is 38.1 Å². The average molecular weight is 556 g/mol. The number of methoxy groups -OCH3 is 2. The van der Waals surface area contributed by atoms with Crippen molar-refractivity contribution in [2.75, 3.05) is 20.8 Å². The van der Waals surface area contributed by atoms with Crippen molar-refractivity contribution >= 4 is 5.91 Å². The summed E-state index contributed by atoms with van der Waals surface area (Å²) in [5.74, 6) is 2.50. The summed E-state index contributed by atoms with van der Waals surface area (Å²) >= 11 is 0. The normalized spacial score (nSPS) is 14.5. The number of aromatic amines is 1. The quantitative estimate of drug-likeness (QED) is 0.229. The number of fused-ring (bicyclic) bond motifs is 1. The van der Waals surface area contributed by atoms with E-state index in [0.717, 1.165) is 40.0 Å². The number of carbonyl (C=O) groups excluding carboxylic acids is 1. The highest BCUT2D eigenvalue weighted by molar-refractivity contribution is 6.00. The Hall–Kier alpha value is -4.46. The number of H-pyrrole nitrogens is 1. The molecule has 3 aromatic carbocycles. The lowest BCUT2D eigenvalue weighted by Crippen LogP contribution is -2.29. The van der Waals surface area contributed by atoms with Crippen LogP contribution in [-0.4, -0.2) is 46.9 Å². The molecule has 0 bridgehead atoms. The van der Waals surface area contributed by atoms with Crippen molar-refractivity contribution in [3.05, 3.63) is 88.1 Å². The Bertz CT molecular complexity index is 1560. The number of carbonyl (C=O) groups is 1. The number of amides is 1. The number of hydrogen-bond acceptors (Lipinski definition) is 6. The van der Waals surface area contributed by atoms with Gasteiger partial charge in [-0.15, -0.1) is 0 Å². The van der Waals surface area contributed by atoms with Crippen LogP contribution < -0.4 is 14.2 Å². The number of nitrogens with one attached hydrogen (secondary N) is 1. The van der Waals surface area contributed by atoms with E-state index in [0.29, 0.717) is 47.5 Å². The van der Waals surface area contributed by atoms with Gasteiger partial charge in [0.05, 0.1) is 26.9 Å². The molecule has 1 aliphatic heterocycles. The Morgan fingerprint density at radius 1 is 1.00 bits per heavy atom. The fourth-order valence-corrected chi connectivity index (χ4v) is 5.36. The molecule has 2 N–H and O–H groups in total. The molecule has 1 atom stereocenters. The first-order chi connectivity index (χ1) is 19.7. The van der Waals surface area contributed by atoms with E-state index in [4.69, 9.17) is 14.2 Å². The molecule has 0 spiro atoms. The molecule has 4 aromatic rings. The summed E-state index contributed by atoms with van der Waals surface area (Å²) in [6, 6.07) is 16.8. The first-order valence-electron chi connectivity index (χ1n) is 13.8. The summed E-state index contributed by atoms with van der Waals surface area (Å²) < 4.78 is 17.1. The Balaban J connectivity index is 1.61. The van der Waals surface area contributed by atoms with Crippen molar-refractivity contribution in [2.24, 2.45) is 5.92 Å². The highest BCUT2D eigenvalue weighted by Gasteiger charge is 2.43. The van der Waals surface area contributed by atoms with Gasteiger partial charge < -0.3 is 24.2 Å². The van der Waals surface area contributed by atoms with E-state index >= 15 is 0 Å². The van der Waals surface area contributed by atoms with Crippen molar-refractivity contribution in [1.82, 2.24) is 15.1 Å². The standard InChI is InChI=1S/C33H37N3O5/c1-19(2)13-14-41-26-12-9-23(17-27(26)40-6)31-28-29(25-16-20(3)15-21(4)32(25)37)34-35-30(28)33(38)36(31)18-22-7-10-24(39-5)11-8-22/h7-12,15-17,19,31,37H,13-14,18H2,1-6H3,(H,34,35). The second kappa shape index (κ2) is 11.6. The molecule has 0 aliphatic carbocycles. The summed E-state index contributed by atoms with van der Waals surface area (Å²) in [5, 5.41) is 18.6. The third kappa shape index (κ3) is 5.46. The smallest absolute Gasteiger partial charge is 0.273 e. The van der Waals surface area contributed by atoms with Gasteiger partial charge in [-0.05, 0) is 78.8 Å². The summed E-state index contributed by atoms with van der Waals surface area (Å²) in [5.41, 5.74) is 5.82. The number of nitrogens with zero attached hydrogens (tertiary/aromatic N) is 2. The van der Waals surface area contributed by atoms with Gasteiger partial charge in [0.15, 0.2) is 11.5 Å². The summed E-state index contributed by atoms with van der Waals surface area (Å²) in [6.07, 6.45) is 0.929. The van der Waals surface area contributed by atoms with Crippen molar-refractivity contribution in [3.8, 4) is 34.3 Å². The zero-order valence-corrected chi connectivity index (χ0v) is 24.4. The lowest BCUT2D eigenvalue weighted by atomic mass is 9.93. The minimum Gasteiger partial charge on any atom is -0.507 e. The van der Waals surface area contributed by atoms with E-state index in [-0.39, 0.29) is 11.7 Å². The molecule has 41 heavy (non-hydrogen) atoms. The second-order valence-corrected chi connectivity index (χ2v) is 11.0. The number of rotatable bonds is 10. The Morgan fingerprint density at radius 3 is 2.44 bits per heavy atom. The molecule has 1 aromatic heterocycles. The van der Waals surface area contributed by atoms with Crippen LogP contribution in [0.1, 0.15) is 64.6 Å². The van der Waals surface area contributed by atoms with E-state index in [1.807, 2.05) is 73.3 Å². The fourth-order valence-electron chi connectivity index (χ4n) is 5.36. The predicted octanol–water partition coefficient (Wildman–Crippen LogP) is 6.59. The predicted molar refractivity (Wildman–Crippen MR) is 158 cm³/mol. The van der Waals surface area contributed by atoms with Crippen LogP contribution in [0.15, 0.2) is 54.6 Å². The lowest BCUT2D eigenvalue weighted by molar-refractivity contribution is 0.0730. The monoisotopic (exact) mass is 555 g/mol. The zero-order valence-electron chi connectivity index (χ0n) is 24.4. The van der Waals surface area contributed by atoms with Gasteiger partial charge in [0.25, 0.3) is 5.91 Å². The largest absolute Gasteiger partial charge is 0.507 e. The molecular formula is C33H37N3O5. The highest BCUT2D eigenvalue weighted by atomic mass is 16.5. The van der Waals surface area contributed by atoms with E-state index in [9.17, 15) is 9.90 Å². The first kappa shape index (κ1) is 28.1. The molecule has 5 rings (SSSR count). The van der Waals surface area contributed by atoms with Gasteiger partial charge in [0, 0.05) is 17.7 Å². The zero-order chi connectivity index (χ0) is 29.3.